The average Bonchev–Trinajstić information content (AvgIpc) is 2.46. The molecule has 0 aliphatic carbocycles. The van der Waals surface area contributed by atoms with Crippen molar-refractivity contribution < 1.29 is 0 Å². The first-order valence-electron chi connectivity index (χ1n) is 6.32. The Bertz CT molecular complexity index is 187. The van der Waals surface area contributed by atoms with Gasteiger partial charge >= 0.3 is 0 Å². The number of likely N-dealkylation sites (N-methyl/N-ethyl adjacent to an activating group) is 1. The first kappa shape index (κ1) is 13.0. The zero-order valence-electron chi connectivity index (χ0n) is 11.3. The molecule has 0 spiro atoms. The first-order chi connectivity index (χ1) is 6.91. The second kappa shape index (κ2) is 5.31. The third-order valence-electron chi connectivity index (χ3n) is 3.60. The molecule has 1 aliphatic rings. The van der Waals surface area contributed by atoms with E-state index in [1.165, 1.54) is 19.5 Å². The van der Waals surface area contributed by atoms with Gasteiger partial charge in [-0.1, -0.05) is 13.8 Å². The quantitative estimate of drug-likeness (QED) is 0.705. The van der Waals surface area contributed by atoms with Crippen molar-refractivity contribution in [2.45, 2.75) is 46.2 Å². The molecule has 0 amide bonds. The molecule has 2 atom stereocenters. The summed E-state index contributed by atoms with van der Waals surface area (Å²) in [6.45, 7) is 11.8. The smallest absolute Gasteiger partial charge is 0.0257 e. The minimum atomic E-state index is 0.699. The van der Waals surface area contributed by atoms with Gasteiger partial charge in [0, 0.05) is 25.2 Å². The lowest BCUT2D eigenvalue weighted by Crippen LogP contribution is -2.36. The van der Waals surface area contributed by atoms with Crippen LogP contribution in [0.25, 0.3) is 0 Å². The average molecular weight is 212 g/mol. The van der Waals surface area contributed by atoms with E-state index in [4.69, 9.17) is 0 Å². The predicted octanol–water partition coefficient (Wildman–Crippen LogP) is 2.30. The van der Waals surface area contributed by atoms with Crippen LogP contribution in [0.4, 0.5) is 0 Å². The lowest BCUT2D eigenvalue weighted by molar-refractivity contribution is 0.224. The Morgan fingerprint density at radius 1 is 1.13 bits per heavy atom. The molecule has 0 radical (unpaired) electrons. The van der Waals surface area contributed by atoms with Gasteiger partial charge in [-0.05, 0) is 46.2 Å². The van der Waals surface area contributed by atoms with Crippen LogP contribution in [0, 0.1) is 11.8 Å². The molecule has 90 valence electrons. The van der Waals surface area contributed by atoms with Crippen LogP contribution in [0.5, 0.6) is 0 Å². The zero-order valence-corrected chi connectivity index (χ0v) is 11.3. The standard InChI is InChI=1S/C13H28N2/c1-10(2)7-12-8-15(11(3)4)9-13(12)14(5)6/h10-13H,7-9H2,1-6H3/t12-,13-/m0/s1. The molecular formula is C13H28N2. The SMILES string of the molecule is CC(C)C[C@H]1CN(C(C)C)C[C@@H]1N(C)C. The largest absolute Gasteiger partial charge is 0.305 e. The molecule has 1 aliphatic heterocycles. The van der Waals surface area contributed by atoms with Gasteiger partial charge in [-0.25, -0.2) is 0 Å². The van der Waals surface area contributed by atoms with Crippen LogP contribution in [0.3, 0.4) is 0 Å². The van der Waals surface area contributed by atoms with Crippen molar-refractivity contribution in [3.05, 3.63) is 0 Å². The van der Waals surface area contributed by atoms with Gasteiger partial charge in [0.25, 0.3) is 0 Å². The van der Waals surface area contributed by atoms with Crippen LogP contribution in [0.1, 0.15) is 34.1 Å². The van der Waals surface area contributed by atoms with Crippen LogP contribution in [0.15, 0.2) is 0 Å². The normalized spacial score (nSPS) is 28.6. The highest BCUT2D eigenvalue weighted by molar-refractivity contribution is 4.90. The van der Waals surface area contributed by atoms with Gasteiger partial charge in [0.2, 0.25) is 0 Å². The highest BCUT2D eigenvalue weighted by Crippen LogP contribution is 2.27. The first-order valence-corrected chi connectivity index (χ1v) is 6.32. The Kier molecular flexibility index (Phi) is 4.60. The van der Waals surface area contributed by atoms with Gasteiger partial charge in [0.1, 0.15) is 0 Å². The molecule has 1 rings (SSSR count). The molecule has 0 aromatic rings. The fourth-order valence-corrected chi connectivity index (χ4v) is 2.73. The van der Waals surface area contributed by atoms with Gasteiger partial charge in [0.15, 0.2) is 0 Å². The molecule has 2 heteroatoms. The van der Waals surface area contributed by atoms with Crippen molar-refractivity contribution in [3.8, 4) is 0 Å². The fraction of sp³-hybridized carbons (Fsp3) is 1.00. The summed E-state index contributed by atoms with van der Waals surface area (Å²) in [5.74, 6) is 1.69. The second-order valence-corrected chi connectivity index (χ2v) is 5.97. The summed E-state index contributed by atoms with van der Waals surface area (Å²) in [7, 11) is 4.45. The summed E-state index contributed by atoms with van der Waals surface area (Å²) in [6, 6.07) is 1.46. The van der Waals surface area contributed by atoms with Crippen molar-refractivity contribution in [2.75, 3.05) is 27.2 Å². The maximum atomic E-state index is 2.62. The number of hydrogen-bond acceptors (Lipinski definition) is 2. The monoisotopic (exact) mass is 212 g/mol. The van der Waals surface area contributed by atoms with E-state index in [9.17, 15) is 0 Å². The summed E-state index contributed by atoms with van der Waals surface area (Å²) < 4.78 is 0. The van der Waals surface area contributed by atoms with E-state index in [1.807, 2.05) is 0 Å². The van der Waals surface area contributed by atoms with Crippen LogP contribution >= 0.6 is 0 Å². The molecular weight excluding hydrogens is 184 g/mol. The molecule has 15 heavy (non-hydrogen) atoms. The van der Waals surface area contributed by atoms with E-state index < -0.39 is 0 Å². The van der Waals surface area contributed by atoms with Crippen molar-refractivity contribution >= 4 is 0 Å². The Morgan fingerprint density at radius 2 is 1.73 bits per heavy atom. The highest BCUT2D eigenvalue weighted by Gasteiger charge is 2.34. The van der Waals surface area contributed by atoms with E-state index in [0.29, 0.717) is 6.04 Å². The molecule has 0 aromatic heterocycles. The number of rotatable bonds is 4. The van der Waals surface area contributed by atoms with Gasteiger partial charge in [-0.15, -0.1) is 0 Å². The van der Waals surface area contributed by atoms with Crippen LogP contribution in [-0.4, -0.2) is 49.1 Å². The lowest BCUT2D eigenvalue weighted by Gasteiger charge is -2.26. The summed E-state index contributed by atoms with van der Waals surface area (Å²) in [5.41, 5.74) is 0. The van der Waals surface area contributed by atoms with Gasteiger partial charge in [-0.3, -0.25) is 4.90 Å². The summed E-state index contributed by atoms with van der Waals surface area (Å²) in [5, 5.41) is 0. The molecule has 0 N–H and O–H groups in total. The molecule has 1 heterocycles. The van der Waals surface area contributed by atoms with Gasteiger partial charge < -0.3 is 4.90 Å². The maximum absolute atomic E-state index is 2.62. The minimum absolute atomic E-state index is 0.699. The number of nitrogens with zero attached hydrogens (tertiary/aromatic N) is 2. The summed E-state index contributed by atoms with van der Waals surface area (Å²) in [6.07, 6.45) is 1.37. The van der Waals surface area contributed by atoms with Gasteiger partial charge in [0.05, 0.1) is 0 Å². The van der Waals surface area contributed by atoms with Crippen molar-refractivity contribution in [3.63, 3.8) is 0 Å². The lowest BCUT2D eigenvalue weighted by atomic mass is 9.92. The topological polar surface area (TPSA) is 6.48 Å². The molecule has 1 fully saturated rings. The maximum Gasteiger partial charge on any atom is 0.0257 e. The van der Waals surface area contributed by atoms with E-state index in [-0.39, 0.29) is 0 Å². The van der Waals surface area contributed by atoms with Crippen LogP contribution in [-0.2, 0) is 0 Å². The fourth-order valence-electron chi connectivity index (χ4n) is 2.73. The number of likely N-dealkylation sites (tertiary alicyclic amines) is 1. The van der Waals surface area contributed by atoms with E-state index in [1.54, 1.807) is 0 Å². The second-order valence-electron chi connectivity index (χ2n) is 5.97. The van der Waals surface area contributed by atoms with E-state index >= 15 is 0 Å². The third-order valence-corrected chi connectivity index (χ3v) is 3.60. The molecule has 1 saturated heterocycles. The van der Waals surface area contributed by atoms with Crippen LogP contribution in [0.2, 0.25) is 0 Å². The molecule has 0 unspecified atom stereocenters. The zero-order chi connectivity index (χ0) is 11.6. The van der Waals surface area contributed by atoms with Crippen LogP contribution < -0.4 is 0 Å². The Hall–Kier alpha value is -0.0800. The Morgan fingerprint density at radius 3 is 2.13 bits per heavy atom. The molecule has 0 saturated carbocycles. The summed E-state index contributed by atoms with van der Waals surface area (Å²) in [4.78, 5) is 5.03. The third kappa shape index (κ3) is 3.46. The van der Waals surface area contributed by atoms with E-state index in [0.717, 1.165) is 17.9 Å². The highest BCUT2D eigenvalue weighted by atomic mass is 15.3. The molecule has 2 nitrogen and oxygen atoms in total. The number of hydrogen-bond donors (Lipinski definition) is 0. The van der Waals surface area contributed by atoms with E-state index in [2.05, 4.69) is 51.6 Å². The Labute approximate surface area is 95.6 Å². The van der Waals surface area contributed by atoms with Gasteiger partial charge in [-0.2, -0.15) is 0 Å². The summed E-state index contributed by atoms with van der Waals surface area (Å²) >= 11 is 0. The van der Waals surface area contributed by atoms with Crippen molar-refractivity contribution in [1.82, 2.24) is 9.80 Å². The Balaban J connectivity index is 2.59. The van der Waals surface area contributed by atoms with Crippen molar-refractivity contribution in [2.24, 2.45) is 11.8 Å². The van der Waals surface area contributed by atoms with Crippen molar-refractivity contribution in [1.29, 1.82) is 0 Å². The minimum Gasteiger partial charge on any atom is -0.305 e. The molecule has 0 bridgehead atoms. The predicted molar refractivity (Wildman–Crippen MR) is 67.1 cm³/mol. The molecule has 0 aromatic carbocycles.